The van der Waals surface area contributed by atoms with Crippen LogP contribution in [0.4, 0.5) is 5.69 Å². The first-order valence-corrected chi connectivity index (χ1v) is 5.44. The van der Waals surface area contributed by atoms with Crippen LogP contribution in [0.25, 0.3) is 0 Å². The van der Waals surface area contributed by atoms with Crippen LogP contribution in [0.3, 0.4) is 0 Å². The summed E-state index contributed by atoms with van der Waals surface area (Å²) in [5.41, 5.74) is 0.488. The van der Waals surface area contributed by atoms with E-state index in [0.29, 0.717) is 0 Å². The SMILES string of the molecule is CC1CN(c2cn[nH]c(=O)c2)CC(C)(C)O1. The molecule has 0 amide bonds. The summed E-state index contributed by atoms with van der Waals surface area (Å²) < 4.78 is 5.81. The maximum absolute atomic E-state index is 11.2. The van der Waals surface area contributed by atoms with Gasteiger partial charge in [-0.15, -0.1) is 0 Å². The number of nitrogens with zero attached hydrogens (tertiary/aromatic N) is 2. The van der Waals surface area contributed by atoms with Crippen molar-refractivity contribution < 1.29 is 4.74 Å². The summed E-state index contributed by atoms with van der Waals surface area (Å²) in [5, 5.41) is 6.19. The molecule has 1 saturated heterocycles. The second kappa shape index (κ2) is 3.90. The fourth-order valence-electron chi connectivity index (χ4n) is 2.19. The fraction of sp³-hybridized carbons (Fsp3) is 0.636. The van der Waals surface area contributed by atoms with Crippen molar-refractivity contribution in [3.63, 3.8) is 0 Å². The van der Waals surface area contributed by atoms with E-state index < -0.39 is 0 Å². The van der Waals surface area contributed by atoms with Crippen LogP contribution in [-0.2, 0) is 4.74 Å². The maximum Gasteiger partial charge on any atom is 0.266 e. The molecule has 88 valence electrons. The third kappa shape index (κ3) is 2.41. The van der Waals surface area contributed by atoms with Crippen molar-refractivity contribution in [1.29, 1.82) is 0 Å². The van der Waals surface area contributed by atoms with E-state index in [1.54, 1.807) is 12.3 Å². The van der Waals surface area contributed by atoms with Crippen molar-refractivity contribution in [1.82, 2.24) is 10.2 Å². The molecule has 1 aromatic heterocycles. The Morgan fingerprint density at radius 3 is 3.00 bits per heavy atom. The molecule has 0 aromatic carbocycles. The Labute approximate surface area is 94.4 Å². The van der Waals surface area contributed by atoms with E-state index >= 15 is 0 Å². The number of ether oxygens (including phenoxy) is 1. The number of H-pyrrole nitrogens is 1. The van der Waals surface area contributed by atoms with Crippen molar-refractivity contribution >= 4 is 5.69 Å². The van der Waals surface area contributed by atoms with Gasteiger partial charge in [-0.1, -0.05) is 0 Å². The van der Waals surface area contributed by atoms with Crippen LogP contribution in [-0.4, -0.2) is 35.0 Å². The number of anilines is 1. The van der Waals surface area contributed by atoms with Crippen molar-refractivity contribution in [2.75, 3.05) is 18.0 Å². The molecule has 1 atom stereocenters. The Hall–Kier alpha value is -1.36. The number of hydrogen-bond donors (Lipinski definition) is 1. The Kier molecular flexibility index (Phi) is 2.71. The molecule has 0 saturated carbocycles. The molecule has 0 bridgehead atoms. The first-order chi connectivity index (χ1) is 7.46. The molecule has 1 aliphatic rings. The van der Waals surface area contributed by atoms with Crippen LogP contribution >= 0.6 is 0 Å². The zero-order chi connectivity index (χ0) is 11.8. The number of aromatic amines is 1. The predicted octanol–water partition coefficient (Wildman–Crippen LogP) is 0.774. The molecule has 1 aliphatic heterocycles. The lowest BCUT2D eigenvalue weighted by molar-refractivity contribution is -0.0750. The van der Waals surface area contributed by atoms with E-state index in [9.17, 15) is 4.79 Å². The second-order valence-corrected chi connectivity index (χ2v) is 4.87. The Bertz CT molecular complexity index is 427. The molecule has 16 heavy (non-hydrogen) atoms. The largest absolute Gasteiger partial charge is 0.369 e. The normalized spacial score (nSPS) is 24.4. The number of morpholine rings is 1. The fourth-order valence-corrected chi connectivity index (χ4v) is 2.19. The Morgan fingerprint density at radius 1 is 1.62 bits per heavy atom. The lowest BCUT2D eigenvalue weighted by atomic mass is 10.1. The smallest absolute Gasteiger partial charge is 0.266 e. The van der Waals surface area contributed by atoms with Crippen molar-refractivity contribution in [2.45, 2.75) is 32.5 Å². The minimum absolute atomic E-state index is 0.156. The highest BCUT2D eigenvalue weighted by atomic mass is 16.5. The van der Waals surface area contributed by atoms with Crippen LogP contribution in [0.15, 0.2) is 17.1 Å². The van der Waals surface area contributed by atoms with E-state index in [0.717, 1.165) is 18.8 Å². The van der Waals surface area contributed by atoms with E-state index in [1.807, 2.05) is 6.92 Å². The van der Waals surface area contributed by atoms with E-state index in [-0.39, 0.29) is 17.3 Å². The van der Waals surface area contributed by atoms with Crippen molar-refractivity contribution in [3.8, 4) is 0 Å². The summed E-state index contributed by atoms with van der Waals surface area (Å²) in [7, 11) is 0. The van der Waals surface area contributed by atoms with Gasteiger partial charge < -0.3 is 9.64 Å². The summed E-state index contributed by atoms with van der Waals surface area (Å²) >= 11 is 0. The van der Waals surface area contributed by atoms with Gasteiger partial charge in [0.15, 0.2) is 0 Å². The Morgan fingerprint density at radius 2 is 2.38 bits per heavy atom. The number of nitrogens with one attached hydrogen (secondary N) is 1. The molecular formula is C11H17N3O2. The zero-order valence-corrected chi connectivity index (χ0v) is 9.86. The molecule has 0 spiro atoms. The monoisotopic (exact) mass is 223 g/mol. The highest BCUT2D eigenvalue weighted by Crippen LogP contribution is 2.24. The summed E-state index contributed by atoms with van der Waals surface area (Å²) in [6, 6.07) is 1.57. The summed E-state index contributed by atoms with van der Waals surface area (Å²) in [6.07, 6.45) is 1.83. The van der Waals surface area contributed by atoms with Gasteiger partial charge in [0.05, 0.1) is 23.6 Å². The van der Waals surface area contributed by atoms with Crippen LogP contribution in [0.5, 0.6) is 0 Å². The van der Waals surface area contributed by atoms with Crippen molar-refractivity contribution in [2.24, 2.45) is 0 Å². The summed E-state index contributed by atoms with van der Waals surface area (Å²) in [5.74, 6) is 0. The van der Waals surface area contributed by atoms with E-state index in [4.69, 9.17) is 4.74 Å². The second-order valence-electron chi connectivity index (χ2n) is 4.87. The summed E-state index contributed by atoms with van der Waals surface area (Å²) in [6.45, 7) is 7.69. The number of rotatable bonds is 1. The van der Waals surface area contributed by atoms with Gasteiger partial charge in [-0.2, -0.15) is 5.10 Å². The van der Waals surface area contributed by atoms with E-state index in [2.05, 4.69) is 28.9 Å². The topological polar surface area (TPSA) is 58.2 Å². The Balaban J connectivity index is 2.24. The number of hydrogen-bond acceptors (Lipinski definition) is 4. The maximum atomic E-state index is 11.2. The number of aromatic nitrogens is 2. The van der Waals surface area contributed by atoms with Gasteiger partial charge in [0, 0.05) is 19.2 Å². The lowest BCUT2D eigenvalue weighted by Crippen LogP contribution is -2.52. The molecule has 1 fully saturated rings. The first kappa shape index (κ1) is 11.1. The predicted molar refractivity (Wildman–Crippen MR) is 61.7 cm³/mol. The average molecular weight is 223 g/mol. The lowest BCUT2D eigenvalue weighted by Gasteiger charge is -2.42. The van der Waals surface area contributed by atoms with Gasteiger partial charge in [0.1, 0.15) is 0 Å². The van der Waals surface area contributed by atoms with Gasteiger partial charge in [-0.05, 0) is 20.8 Å². The molecule has 0 radical (unpaired) electrons. The minimum atomic E-state index is -0.194. The van der Waals surface area contributed by atoms with E-state index in [1.165, 1.54) is 0 Å². The van der Waals surface area contributed by atoms with Gasteiger partial charge in [0.2, 0.25) is 0 Å². The molecule has 2 heterocycles. The zero-order valence-electron chi connectivity index (χ0n) is 9.86. The van der Waals surface area contributed by atoms with Crippen LogP contribution in [0.2, 0.25) is 0 Å². The molecule has 0 aliphatic carbocycles. The molecule has 1 N–H and O–H groups in total. The molecule has 5 heteroatoms. The molecule has 2 rings (SSSR count). The third-order valence-corrected chi connectivity index (χ3v) is 2.59. The quantitative estimate of drug-likeness (QED) is 0.764. The van der Waals surface area contributed by atoms with Crippen LogP contribution in [0.1, 0.15) is 20.8 Å². The molecule has 1 aromatic rings. The average Bonchev–Trinajstić information content (AvgIpc) is 2.14. The first-order valence-electron chi connectivity index (χ1n) is 5.44. The highest BCUT2D eigenvalue weighted by Gasteiger charge is 2.31. The van der Waals surface area contributed by atoms with Crippen LogP contribution in [0, 0.1) is 0 Å². The van der Waals surface area contributed by atoms with Crippen LogP contribution < -0.4 is 10.5 Å². The van der Waals surface area contributed by atoms with Crippen molar-refractivity contribution in [3.05, 3.63) is 22.6 Å². The highest BCUT2D eigenvalue weighted by molar-refractivity contribution is 5.43. The molecular weight excluding hydrogens is 206 g/mol. The minimum Gasteiger partial charge on any atom is -0.369 e. The van der Waals surface area contributed by atoms with Gasteiger partial charge >= 0.3 is 0 Å². The molecule has 5 nitrogen and oxygen atoms in total. The van der Waals surface area contributed by atoms with Gasteiger partial charge in [0.25, 0.3) is 5.56 Å². The van der Waals surface area contributed by atoms with Gasteiger partial charge in [-0.25, -0.2) is 5.10 Å². The third-order valence-electron chi connectivity index (χ3n) is 2.59. The molecule has 1 unspecified atom stereocenters. The standard InChI is InChI=1S/C11H17N3O2/c1-8-6-14(7-11(2,3)16-8)9-4-10(15)13-12-5-9/h4-5,8H,6-7H2,1-3H3,(H,13,15). The van der Waals surface area contributed by atoms with Gasteiger partial charge in [-0.3, -0.25) is 4.79 Å². The summed E-state index contributed by atoms with van der Waals surface area (Å²) in [4.78, 5) is 13.3.